The van der Waals surface area contributed by atoms with Gasteiger partial charge in [-0.2, -0.15) is 13.5 Å². The molecule has 17 heavy (non-hydrogen) atoms. The molecule has 2 N–H and O–H groups in total. The molecule has 2 heterocycles. The molecule has 92 valence electrons. The lowest BCUT2D eigenvalue weighted by atomic mass is 10.3. The summed E-state index contributed by atoms with van der Waals surface area (Å²) in [5.74, 6) is 0.271. The second-order valence-electron chi connectivity index (χ2n) is 3.61. The van der Waals surface area contributed by atoms with E-state index < -0.39 is 10.0 Å². The molecule has 2 aromatic heterocycles. The van der Waals surface area contributed by atoms with Gasteiger partial charge in [-0.25, -0.2) is 4.98 Å². The zero-order chi connectivity index (χ0) is 12.5. The normalized spacial score (nSPS) is 11.6. The minimum Gasteiger partial charge on any atom is -0.339 e. The lowest BCUT2D eigenvalue weighted by Gasteiger charge is -2.00. The van der Waals surface area contributed by atoms with Gasteiger partial charge in [-0.1, -0.05) is 6.92 Å². The summed E-state index contributed by atoms with van der Waals surface area (Å²) in [6.45, 7) is 1.95. The molecule has 0 fully saturated rings. The van der Waals surface area contributed by atoms with E-state index in [2.05, 4.69) is 19.9 Å². The molecule has 0 saturated heterocycles. The van der Waals surface area contributed by atoms with Gasteiger partial charge < -0.3 is 4.57 Å². The number of nitrogens with one attached hydrogen (secondary N) is 2. The van der Waals surface area contributed by atoms with Crippen molar-refractivity contribution in [3.05, 3.63) is 24.3 Å². The van der Waals surface area contributed by atoms with Gasteiger partial charge in [0.15, 0.2) is 10.8 Å². The molecule has 7 nitrogen and oxygen atoms in total. The topological polar surface area (TPSA) is 92.7 Å². The van der Waals surface area contributed by atoms with E-state index >= 15 is 0 Å². The third kappa shape index (κ3) is 2.47. The summed E-state index contributed by atoms with van der Waals surface area (Å²) < 4.78 is 27.7. The molecule has 2 rings (SSSR count). The van der Waals surface area contributed by atoms with Gasteiger partial charge in [-0.15, -0.1) is 0 Å². The van der Waals surface area contributed by atoms with Gasteiger partial charge in [0.1, 0.15) is 0 Å². The van der Waals surface area contributed by atoms with Crippen LogP contribution in [0, 0.1) is 0 Å². The first-order chi connectivity index (χ1) is 8.01. The van der Waals surface area contributed by atoms with Crippen molar-refractivity contribution in [3.8, 4) is 0 Å². The number of hydrogen-bond donors (Lipinski definition) is 2. The third-order valence-corrected chi connectivity index (χ3v) is 3.45. The Morgan fingerprint density at radius 3 is 2.82 bits per heavy atom. The lowest BCUT2D eigenvalue weighted by Crippen LogP contribution is -2.13. The molecule has 0 aliphatic rings. The molecule has 0 bridgehead atoms. The van der Waals surface area contributed by atoms with Crippen LogP contribution in [0.4, 0.5) is 5.82 Å². The SMILES string of the molecule is CCc1cc(NS(=O)(=O)c2cn(C)cn2)n[nH]1. The van der Waals surface area contributed by atoms with Crippen LogP contribution in [0.15, 0.2) is 23.6 Å². The van der Waals surface area contributed by atoms with Crippen molar-refractivity contribution < 1.29 is 8.42 Å². The van der Waals surface area contributed by atoms with Crippen LogP contribution in [-0.2, 0) is 23.5 Å². The van der Waals surface area contributed by atoms with Gasteiger partial charge >= 0.3 is 0 Å². The standard InChI is InChI=1S/C9H13N5O2S/c1-3-7-4-8(12-11-7)13-17(15,16)9-5-14(2)6-10-9/h4-6H,3H2,1-2H3,(H2,11,12,13). The van der Waals surface area contributed by atoms with Crippen LogP contribution in [0.2, 0.25) is 0 Å². The van der Waals surface area contributed by atoms with Crippen molar-refractivity contribution in [2.45, 2.75) is 18.4 Å². The predicted octanol–water partition coefficient (Wildman–Crippen LogP) is 0.506. The summed E-state index contributed by atoms with van der Waals surface area (Å²) in [5, 5.41) is 6.56. The van der Waals surface area contributed by atoms with Gasteiger partial charge in [-0.05, 0) is 6.42 Å². The number of aromatic amines is 1. The Hall–Kier alpha value is -1.83. The van der Waals surface area contributed by atoms with Crippen molar-refractivity contribution in [2.75, 3.05) is 4.72 Å². The molecule has 0 saturated carbocycles. The smallest absolute Gasteiger partial charge is 0.282 e. The summed E-state index contributed by atoms with van der Waals surface area (Å²) in [6, 6.07) is 1.65. The second kappa shape index (κ2) is 4.21. The lowest BCUT2D eigenvalue weighted by molar-refractivity contribution is 0.598. The van der Waals surface area contributed by atoms with Gasteiger partial charge in [0.05, 0.1) is 6.33 Å². The summed E-state index contributed by atoms with van der Waals surface area (Å²) in [4.78, 5) is 3.79. The van der Waals surface area contributed by atoms with E-state index in [9.17, 15) is 8.42 Å². The Morgan fingerprint density at radius 1 is 1.53 bits per heavy atom. The Bertz CT molecular complexity index is 613. The summed E-state index contributed by atoms with van der Waals surface area (Å²) in [6.07, 6.45) is 3.62. The maximum absolute atomic E-state index is 11.9. The fraction of sp³-hybridized carbons (Fsp3) is 0.333. The Balaban J connectivity index is 2.23. The van der Waals surface area contributed by atoms with Crippen molar-refractivity contribution in [1.82, 2.24) is 19.7 Å². The van der Waals surface area contributed by atoms with Gasteiger partial charge in [-0.3, -0.25) is 9.82 Å². The number of aryl methyl sites for hydroxylation is 2. The first kappa shape index (κ1) is 11.6. The minimum atomic E-state index is -3.65. The van der Waals surface area contributed by atoms with E-state index in [0.29, 0.717) is 0 Å². The molecule has 0 aliphatic carbocycles. The largest absolute Gasteiger partial charge is 0.339 e. The van der Waals surface area contributed by atoms with Gasteiger partial charge in [0.2, 0.25) is 0 Å². The quantitative estimate of drug-likeness (QED) is 0.832. The predicted molar refractivity (Wildman–Crippen MR) is 62.0 cm³/mol. The molecule has 0 atom stereocenters. The fourth-order valence-corrected chi connectivity index (χ4v) is 2.29. The average Bonchev–Trinajstić information content (AvgIpc) is 2.86. The van der Waals surface area contributed by atoms with E-state index in [1.807, 2.05) is 6.92 Å². The monoisotopic (exact) mass is 255 g/mol. The molecule has 0 aliphatic heterocycles. The molecular weight excluding hydrogens is 242 g/mol. The zero-order valence-corrected chi connectivity index (χ0v) is 10.3. The summed E-state index contributed by atoms with van der Waals surface area (Å²) in [7, 11) is -1.95. The highest BCUT2D eigenvalue weighted by atomic mass is 32.2. The van der Waals surface area contributed by atoms with Crippen LogP contribution >= 0.6 is 0 Å². The summed E-state index contributed by atoms with van der Waals surface area (Å²) >= 11 is 0. The van der Waals surface area contributed by atoms with E-state index in [1.54, 1.807) is 17.7 Å². The Kier molecular flexibility index (Phi) is 2.88. The highest BCUT2D eigenvalue weighted by molar-refractivity contribution is 7.92. The molecule has 0 spiro atoms. The highest BCUT2D eigenvalue weighted by Gasteiger charge is 2.18. The molecule has 0 unspecified atom stereocenters. The fourth-order valence-electron chi connectivity index (χ4n) is 1.31. The van der Waals surface area contributed by atoms with E-state index in [0.717, 1.165) is 12.1 Å². The van der Waals surface area contributed by atoms with Crippen molar-refractivity contribution in [1.29, 1.82) is 0 Å². The summed E-state index contributed by atoms with van der Waals surface area (Å²) in [5.41, 5.74) is 0.865. The van der Waals surface area contributed by atoms with Crippen molar-refractivity contribution in [2.24, 2.45) is 7.05 Å². The molecule has 0 aromatic carbocycles. The number of rotatable bonds is 4. The number of imidazole rings is 1. The average molecular weight is 255 g/mol. The number of sulfonamides is 1. The van der Waals surface area contributed by atoms with Crippen LogP contribution in [0.5, 0.6) is 0 Å². The number of anilines is 1. The maximum atomic E-state index is 11.9. The molecule has 0 amide bonds. The van der Waals surface area contributed by atoms with Crippen molar-refractivity contribution in [3.63, 3.8) is 0 Å². The number of H-pyrrole nitrogens is 1. The zero-order valence-electron chi connectivity index (χ0n) is 9.51. The van der Waals surface area contributed by atoms with E-state index in [1.165, 1.54) is 12.5 Å². The maximum Gasteiger partial charge on any atom is 0.282 e. The van der Waals surface area contributed by atoms with E-state index in [4.69, 9.17) is 0 Å². The van der Waals surface area contributed by atoms with Gasteiger partial charge in [0.25, 0.3) is 10.0 Å². The first-order valence-corrected chi connectivity index (χ1v) is 6.54. The number of aromatic nitrogens is 4. The highest BCUT2D eigenvalue weighted by Crippen LogP contribution is 2.12. The second-order valence-corrected chi connectivity index (χ2v) is 5.24. The molecule has 8 heteroatoms. The first-order valence-electron chi connectivity index (χ1n) is 5.06. The number of hydrogen-bond acceptors (Lipinski definition) is 4. The van der Waals surface area contributed by atoms with Crippen molar-refractivity contribution >= 4 is 15.8 Å². The minimum absolute atomic E-state index is 0.0268. The number of nitrogens with zero attached hydrogens (tertiary/aromatic N) is 3. The molecule has 2 aromatic rings. The van der Waals surface area contributed by atoms with Crippen LogP contribution in [-0.4, -0.2) is 28.2 Å². The van der Waals surface area contributed by atoms with Crippen LogP contribution in [0.1, 0.15) is 12.6 Å². The third-order valence-electron chi connectivity index (χ3n) is 2.21. The van der Waals surface area contributed by atoms with Crippen LogP contribution in [0.3, 0.4) is 0 Å². The van der Waals surface area contributed by atoms with E-state index in [-0.39, 0.29) is 10.8 Å². The van der Waals surface area contributed by atoms with Crippen LogP contribution in [0.25, 0.3) is 0 Å². The Morgan fingerprint density at radius 2 is 2.29 bits per heavy atom. The van der Waals surface area contributed by atoms with Crippen LogP contribution < -0.4 is 4.72 Å². The molecule has 0 radical (unpaired) electrons. The Labute approximate surface area is 98.9 Å². The molecular formula is C9H13N5O2S. The van der Waals surface area contributed by atoms with Gasteiger partial charge in [0, 0.05) is 25.0 Å².